The molecule has 68 valence electrons. The van der Waals surface area contributed by atoms with Crippen LogP contribution in [0.5, 0.6) is 0 Å². The summed E-state index contributed by atoms with van der Waals surface area (Å²) in [4.78, 5) is 4.49. The summed E-state index contributed by atoms with van der Waals surface area (Å²) in [6, 6.07) is 14.8. The third kappa shape index (κ3) is 1.51. The van der Waals surface area contributed by atoms with Crippen molar-refractivity contribution in [3.8, 4) is 0 Å². The molecule has 0 atom stereocenters. The molecule has 0 fully saturated rings. The average molecular weight is 267 g/mol. The summed E-state index contributed by atoms with van der Waals surface area (Å²) >= 11 is 1.14. The van der Waals surface area contributed by atoms with Crippen molar-refractivity contribution in [2.45, 2.75) is 0 Å². The molecule has 1 aromatic heterocycles. The van der Waals surface area contributed by atoms with E-state index in [4.69, 9.17) is 0 Å². The van der Waals surface area contributed by atoms with Gasteiger partial charge in [-0.15, -0.1) is 0 Å². The van der Waals surface area contributed by atoms with Gasteiger partial charge in [0, 0.05) is 0 Å². The standard InChI is InChI=1S/C13H8N.Y/c1-2-6-11-10(5-1)9-14-13-8-4-3-7-12(11)13;/h1-6,8-9H;. The van der Waals surface area contributed by atoms with Crippen molar-refractivity contribution in [1.82, 2.24) is 4.98 Å². The van der Waals surface area contributed by atoms with Crippen LogP contribution in [-0.4, -0.2) is 4.98 Å². The molecule has 3 rings (SSSR count). The van der Waals surface area contributed by atoms with Crippen molar-refractivity contribution < 1.29 is 31.0 Å². The molecule has 3 aromatic rings. The van der Waals surface area contributed by atoms with Gasteiger partial charge in [0.25, 0.3) is 0 Å². The molecule has 0 aliphatic rings. The first kappa shape index (κ1) is 9.44. The van der Waals surface area contributed by atoms with Gasteiger partial charge < -0.3 is 0 Å². The Morgan fingerprint density at radius 2 is 1.80 bits per heavy atom. The minimum atomic E-state index is 1.11. The minimum absolute atomic E-state index is 1.11. The Hall–Kier alpha value is -0.786. The van der Waals surface area contributed by atoms with Gasteiger partial charge in [-0.25, -0.2) is 0 Å². The molecule has 0 N–H and O–H groups in total. The molecule has 0 saturated heterocycles. The zero-order chi connectivity index (χ0) is 10.3. The van der Waals surface area contributed by atoms with E-state index in [2.05, 4.69) is 47.4 Å². The number of nitrogens with zero attached hydrogens (tertiary/aromatic N) is 1. The van der Waals surface area contributed by atoms with Crippen LogP contribution in [0.25, 0.3) is 21.7 Å². The van der Waals surface area contributed by atoms with Crippen LogP contribution in [0.4, 0.5) is 0 Å². The number of benzene rings is 2. The molecule has 0 aliphatic heterocycles. The Balaban J connectivity index is 2.64. The SMILES string of the molecule is [Y][c]1cccc2ncc3ccccc3c12. The molecule has 0 radical (unpaired) electrons. The Kier molecular flexibility index (Phi) is 2.30. The molecule has 0 saturated carbocycles. The van der Waals surface area contributed by atoms with Gasteiger partial charge in [-0.2, -0.15) is 0 Å². The van der Waals surface area contributed by atoms with Crippen molar-refractivity contribution in [2.24, 2.45) is 0 Å². The fourth-order valence-corrected chi connectivity index (χ4v) is 2.95. The van der Waals surface area contributed by atoms with Gasteiger partial charge in [0.1, 0.15) is 0 Å². The maximum atomic E-state index is 4.49. The molecular weight excluding hydrogens is 259 g/mol. The first-order chi connectivity index (χ1) is 7.36. The van der Waals surface area contributed by atoms with Crippen molar-refractivity contribution in [2.75, 3.05) is 0 Å². The van der Waals surface area contributed by atoms with Crippen LogP contribution in [0, 0.1) is 0 Å². The molecule has 2 heteroatoms. The molecule has 0 bridgehead atoms. The Morgan fingerprint density at radius 1 is 0.933 bits per heavy atom. The summed E-state index contributed by atoms with van der Waals surface area (Å²) in [5.74, 6) is 0. The van der Waals surface area contributed by atoms with E-state index < -0.39 is 0 Å². The zero-order valence-electron chi connectivity index (χ0n) is 8.14. The van der Waals surface area contributed by atoms with Gasteiger partial charge in [-0.05, 0) is 0 Å². The van der Waals surface area contributed by atoms with Gasteiger partial charge in [0.05, 0.1) is 0 Å². The molecule has 0 amide bonds. The molecule has 15 heavy (non-hydrogen) atoms. The number of pyridine rings is 1. The van der Waals surface area contributed by atoms with Crippen molar-refractivity contribution in [1.29, 1.82) is 0 Å². The van der Waals surface area contributed by atoms with Crippen LogP contribution in [0.2, 0.25) is 0 Å². The molecule has 1 nitrogen and oxygen atoms in total. The summed E-state index contributed by atoms with van der Waals surface area (Å²) < 4.78 is 1.42. The summed E-state index contributed by atoms with van der Waals surface area (Å²) in [5.41, 5.74) is 1.11. The normalized spacial score (nSPS) is 10.9. The van der Waals surface area contributed by atoms with E-state index in [1.54, 1.807) is 0 Å². The van der Waals surface area contributed by atoms with E-state index in [1.807, 2.05) is 6.20 Å². The van der Waals surface area contributed by atoms with E-state index in [0.29, 0.717) is 0 Å². The second-order valence-corrected chi connectivity index (χ2v) is 5.12. The van der Waals surface area contributed by atoms with E-state index in [1.165, 1.54) is 18.5 Å². The van der Waals surface area contributed by atoms with Gasteiger partial charge in [-0.3, -0.25) is 0 Å². The fourth-order valence-electron chi connectivity index (χ4n) is 1.93. The van der Waals surface area contributed by atoms with Crippen molar-refractivity contribution >= 4 is 24.0 Å². The Bertz CT molecular complexity index is 646. The monoisotopic (exact) mass is 267 g/mol. The maximum absolute atomic E-state index is 4.49. The van der Waals surface area contributed by atoms with Crippen LogP contribution < -0.4 is 2.37 Å². The molecule has 1 heterocycles. The summed E-state index contributed by atoms with van der Waals surface area (Å²) in [6.45, 7) is 0. The fraction of sp³-hybridized carbons (Fsp3) is 0. The molecular formula is C13H8NY. The van der Waals surface area contributed by atoms with Crippen LogP contribution in [-0.2, 0) is 31.0 Å². The number of fused-ring (bicyclic) bond motifs is 3. The van der Waals surface area contributed by atoms with Gasteiger partial charge in [-0.1, -0.05) is 0 Å². The second kappa shape index (κ2) is 3.66. The number of aromatic nitrogens is 1. The van der Waals surface area contributed by atoms with E-state index in [9.17, 15) is 0 Å². The third-order valence-electron chi connectivity index (χ3n) is 2.65. The van der Waals surface area contributed by atoms with E-state index >= 15 is 0 Å². The van der Waals surface area contributed by atoms with Crippen LogP contribution in [0.1, 0.15) is 0 Å². The molecule has 0 aliphatic carbocycles. The Labute approximate surface area is 108 Å². The van der Waals surface area contributed by atoms with E-state index in [0.717, 1.165) is 36.5 Å². The van der Waals surface area contributed by atoms with Crippen molar-refractivity contribution in [3.05, 3.63) is 48.7 Å². The first-order valence-electron chi connectivity index (χ1n) is 4.88. The Morgan fingerprint density at radius 3 is 2.73 bits per heavy atom. The summed E-state index contributed by atoms with van der Waals surface area (Å²) in [7, 11) is 0. The number of hydrogen-bond acceptors (Lipinski definition) is 1. The van der Waals surface area contributed by atoms with Gasteiger partial charge >= 0.3 is 109 Å². The van der Waals surface area contributed by atoms with Crippen molar-refractivity contribution in [3.63, 3.8) is 0 Å². The zero-order valence-corrected chi connectivity index (χ0v) is 11.0. The summed E-state index contributed by atoms with van der Waals surface area (Å²) in [5, 5.41) is 3.88. The first-order valence-corrected chi connectivity index (χ1v) is 6.30. The second-order valence-electron chi connectivity index (χ2n) is 3.59. The van der Waals surface area contributed by atoms with Crippen LogP contribution in [0.15, 0.2) is 48.7 Å². The van der Waals surface area contributed by atoms with Gasteiger partial charge in [0.2, 0.25) is 0 Å². The topological polar surface area (TPSA) is 12.9 Å². The third-order valence-corrected chi connectivity index (χ3v) is 3.83. The van der Waals surface area contributed by atoms with E-state index in [-0.39, 0.29) is 0 Å². The average Bonchev–Trinajstić information content (AvgIpc) is 2.29. The number of hydrogen-bond donors (Lipinski definition) is 0. The molecule has 0 unspecified atom stereocenters. The predicted octanol–water partition coefficient (Wildman–Crippen LogP) is 2.56. The molecule has 2 aromatic carbocycles. The van der Waals surface area contributed by atoms with Gasteiger partial charge in [0.15, 0.2) is 0 Å². The number of rotatable bonds is 0. The molecule has 0 spiro atoms. The van der Waals surface area contributed by atoms with Crippen LogP contribution in [0.3, 0.4) is 0 Å². The quantitative estimate of drug-likeness (QED) is 0.570. The summed E-state index contributed by atoms with van der Waals surface area (Å²) in [6.07, 6.45) is 1.96. The predicted molar refractivity (Wildman–Crippen MR) is 58.9 cm³/mol. The van der Waals surface area contributed by atoms with Crippen LogP contribution >= 0.6 is 0 Å².